The zero-order valence-electron chi connectivity index (χ0n) is 21.0. The molecule has 3 aromatic rings. The number of ether oxygens (including phenoxy) is 2. The molecule has 1 amide bonds. The van der Waals surface area contributed by atoms with Crippen molar-refractivity contribution in [2.75, 3.05) is 17.8 Å². The number of hydrogen-bond acceptors (Lipinski definition) is 9. The minimum absolute atomic E-state index is 0.0122. The first kappa shape index (κ1) is 28.5. The summed E-state index contributed by atoms with van der Waals surface area (Å²) in [5.74, 6) is -2.86. The molecule has 10 nitrogen and oxygen atoms in total. The van der Waals surface area contributed by atoms with Gasteiger partial charge < -0.3 is 36.3 Å². The lowest BCUT2D eigenvalue weighted by Crippen LogP contribution is -2.35. The average Bonchev–Trinajstić information content (AvgIpc) is 2.92. The quantitative estimate of drug-likeness (QED) is 0.296. The Balaban J connectivity index is 1.55. The number of rotatable bonds is 8. The van der Waals surface area contributed by atoms with E-state index in [-0.39, 0.29) is 45.9 Å². The molecule has 13 heteroatoms. The predicted octanol–water partition coefficient (Wildman–Crippen LogP) is 3.78. The number of nitrogens with one attached hydrogen (secondary N) is 1. The van der Waals surface area contributed by atoms with E-state index in [1.807, 2.05) is 0 Å². The number of hydrogen-bond donors (Lipinski definition) is 4. The first-order valence-electron chi connectivity index (χ1n) is 11.8. The molecule has 2 unspecified atom stereocenters. The molecule has 4 rings (SSSR count). The Labute approximate surface area is 232 Å². The number of nitrogen functional groups attached to an aromatic ring is 1. The number of carbonyl (C=O) groups is 2. The number of aliphatic hydroxyl groups excluding tert-OH is 1. The number of halogens is 3. The maximum absolute atomic E-state index is 14.8. The molecule has 0 saturated heterocycles. The number of esters is 1. The van der Waals surface area contributed by atoms with Gasteiger partial charge in [-0.05, 0) is 36.8 Å². The SMILES string of the molecule is CC(N)C(=O)OCN1C=C(C(=O)Nc2ccc(Oc3ccnc(N)c3Cl)c(F)c2)C(O)C(c2ccc(F)cc2)=C1. The summed E-state index contributed by atoms with van der Waals surface area (Å²) in [5.41, 5.74) is 11.7. The maximum atomic E-state index is 14.8. The zero-order chi connectivity index (χ0) is 29.0. The van der Waals surface area contributed by atoms with Crippen molar-refractivity contribution in [3.05, 3.63) is 94.9 Å². The van der Waals surface area contributed by atoms with Gasteiger partial charge in [0.1, 0.15) is 28.8 Å². The summed E-state index contributed by atoms with van der Waals surface area (Å²) >= 11 is 6.04. The van der Waals surface area contributed by atoms with Crippen molar-refractivity contribution >= 4 is 40.6 Å². The molecule has 1 aromatic heterocycles. The third kappa shape index (κ3) is 6.54. The van der Waals surface area contributed by atoms with Crippen LogP contribution >= 0.6 is 11.6 Å². The number of carbonyl (C=O) groups excluding carboxylic acids is 2. The first-order chi connectivity index (χ1) is 19.0. The molecule has 0 bridgehead atoms. The van der Waals surface area contributed by atoms with Crippen LogP contribution in [0.4, 0.5) is 20.3 Å². The van der Waals surface area contributed by atoms with Crippen LogP contribution in [0.25, 0.3) is 5.57 Å². The van der Waals surface area contributed by atoms with E-state index in [9.17, 15) is 23.5 Å². The minimum Gasteiger partial charge on any atom is -0.453 e. The molecule has 0 radical (unpaired) electrons. The first-order valence-corrected chi connectivity index (χ1v) is 12.2. The Morgan fingerprint density at radius 3 is 2.55 bits per heavy atom. The second-order valence-electron chi connectivity index (χ2n) is 8.68. The molecule has 0 saturated carbocycles. The second-order valence-corrected chi connectivity index (χ2v) is 9.06. The Morgan fingerprint density at radius 2 is 1.88 bits per heavy atom. The summed E-state index contributed by atoms with van der Waals surface area (Å²) in [6.07, 6.45) is 2.62. The fourth-order valence-corrected chi connectivity index (χ4v) is 3.76. The Kier molecular flexibility index (Phi) is 8.63. The molecule has 2 heterocycles. The number of aliphatic hydroxyl groups is 1. The summed E-state index contributed by atoms with van der Waals surface area (Å²) < 4.78 is 38.9. The standard InChI is InChI=1S/C27H24ClF2N5O5/c1-14(31)27(38)39-13-35-11-18(15-2-4-16(29)5-3-15)24(36)19(12-35)26(37)34-17-6-7-21(20(30)10-17)40-22-8-9-33-25(32)23(22)28/h2-12,14,24,36H,13,31H2,1H3,(H2,32,33)(H,34,37). The van der Waals surface area contributed by atoms with Gasteiger partial charge in [-0.2, -0.15) is 0 Å². The Morgan fingerprint density at radius 1 is 1.15 bits per heavy atom. The summed E-state index contributed by atoms with van der Waals surface area (Å²) in [6, 6.07) is 9.44. The van der Waals surface area contributed by atoms with Gasteiger partial charge in [0.05, 0.1) is 5.57 Å². The van der Waals surface area contributed by atoms with Gasteiger partial charge >= 0.3 is 5.97 Å². The van der Waals surface area contributed by atoms with Crippen LogP contribution < -0.4 is 21.5 Å². The molecule has 1 aliphatic heterocycles. The Hall–Kier alpha value is -4.52. The summed E-state index contributed by atoms with van der Waals surface area (Å²) in [5, 5.41) is 13.6. The number of pyridine rings is 1. The van der Waals surface area contributed by atoms with Crippen LogP contribution in [-0.4, -0.2) is 45.7 Å². The van der Waals surface area contributed by atoms with Crippen LogP contribution in [0.5, 0.6) is 11.5 Å². The molecule has 6 N–H and O–H groups in total. The fourth-order valence-electron chi connectivity index (χ4n) is 3.61. The molecule has 0 aliphatic carbocycles. The number of amides is 1. The third-order valence-corrected chi connectivity index (χ3v) is 6.04. The lowest BCUT2D eigenvalue weighted by molar-refractivity contribution is -0.147. The van der Waals surface area contributed by atoms with Gasteiger partial charge in [0.2, 0.25) is 0 Å². The van der Waals surface area contributed by atoms with Crippen LogP contribution in [0.3, 0.4) is 0 Å². The lowest BCUT2D eigenvalue weighted by Gasteiger charge is -2.28. The van der Waals surface area contributed by atoms with Gasteiger partial charge in [-0.25, -0.2) is 13.8 Å². The van der Waals surface area contributed by atoms with E-state index in [0.717, 1.165) is 6.07 Å². The molecule has 208 valence electrons. The van der Waals surface area contributed by atoms with Crippen LogP contribution in [0.15, 0.2) is 72.7 Å². The molecular weight excluding hydrogens is 548 g/mol. The predicted molar refractivity (Wildman–Crippen MR) is 144 cm³/mol. The van der Waals surface area contributed by atoms with Crippen molar-refractivity contribution in [3.8, 4) is 11.5 Å². The van der Waals surface area contributed by atoms with Crippen molar-refractivity contribution in [1.29, 1.82) is 0 Å². The number of aromatic nitrogens is 1. The van der Waals surface area contributed by atoms with Gasteiger partial charge in [0.25, 0.3) is 5.91 Å². The molecule has 2 aromatic carbocycles. The van der Waals surface area contributed by atoms with E-state index in [4.69, 9.17) is 32.5 Å². The fraction of sp³-hybridized carbons (Fsp3) is 0.148. The van der Waals surface area contributed by atoms with Crippen molar-refractivity contribution in [2.45, 2.75) is 19.1 Å². The Bertz CT molecular complexity index is 1500. The highest BCUT2D eigenvalue weighted by molar-refractivity contribution is 6.34. The van der Waals surface area contributed by atoms with Crippen LogP contribution in [0.2, 0.25) is 5.02 Å². The summed E-state index contributed by atoms with van der Waals surface area (Å²) in [7, 11) is 0. The van der Waals surface area contributed by atoms with Gasteiger partial charge in [-0.3, -0.25) is 9.59 Å². The van der Waals surface area contributed by atoms with Gasteiger partial charge in [0.15, 0.2) is 24.0 Å². The summed E-state index contributed by atoms with van der Waals surface area (Å²) in [4.78, 5) is 30.2. The average molecular weight is 572 g/mol. The number of benzene rings is 2. The smallest absolute Gasteiger partial charge is 0.324 e. The van der Waals surface area contributed by atoms with E-state index < -0.39 is 35.7 Å². The van der Waals surface area contributed by atoms with Crippen LogP contribution in [0.1, 0.15) is 12.5 Å². The topological polar surface area (TPSA) is 153 Å². The molecule has 2 atom stereocenters. The van der Waals surface area contributed by atoms with Gasteiger partial charge in [-0.1, -0.05) is 23.7 Å². The van der Waals surface area contributed by atoms with Crippen LogP contribution in [-0.2, 0) is 14.3 Å². The van der Waals surface area contributed by atoms with Crippen molar-refractivity contribution < 1.29 is 33.0 Å². The number of nitrogens with zero attached hydrogens (tertiary/aromatic N) is 2. The van der Waals surface area contributed by atoms with Gasteiger partial charge in [-0.15, -0.1) is 0 Å². The molecule has 0 spiro atoms. The highest BCUT2D eigenvalue weighted by atomic mass is 35.5. The number of anilines is 2. The molecular formula is C27H24ClF2N5O5. The zero-order valence-corrected chi connectivity index (χ0v) is 21.7. The highest BCUT2D eigenvalue weighted by Crippen LogP contribution is 2.34. The van der Waals surface area contributed by atoms with Gasteiger partial charge in [0, 0.05) is 42.0 Å². The van der Waals surface area contributed by atoms with E-state index in [1.165, 1.54) is 72.9 Å². The van der Waals surface area contributed by atoms with E-state index in [1.54, 1.807) is 0 Å². The molecule has 0 fully saturated rings. The second kappa shape index (κ2) is 12.1. The normalized spacial score (nSPS) is 15.6. The highest BCUT2D eigenvalue weighted by Gasteiger charge is 2.29. The van der Waals surface area contributed by atoms with E-state index in [0.29, 0.717) is 5.56 Å². The number of nitrogens with two attached hydrogens (primary N) is 2. The van der Waals surface area contributed by atoms with Crippen molar-refractivity contribution in [3.63, 3.8) is 0 Å². The van der Waals surface area contributed by atoms with E-state index in [2.05, 4.69) is 10.3 Å². The monoisotopic (exact) mass is 571 g/mol. The van der Waals surface area contributed by atoms with Crippen molar-refractivity contribution in [2.24, 2.45) is 5.73 Å². The minimum atomic E-state index is -1.45. The molecule has 40 heavy (non-hydrogen) atoms. The van der Waals surface area contributed by atoms with E-state index >= 15 is 0 Å². The van der Waals surface area contributed by atoms with Crippen molar-refractivity contribution in [1.82, 2.24) is 9.88 Å². The largest absolute Gasteiger partial charge is 0.453 e. The van der Waals surface area contributed by atoms with Crippen LogP contribution in [0, 0.1) is 11.6 Å². The molecule has 1 aliphatic rings. The lowest BCUT2D eigenvalue weighted by atomic mass is 9.93. The maximum Gasteiger partial charge on any atom is 0.324 e. The third-order valence-electron chi connectivity index (χ3n) is 5.66. The summed E-state index contributed by atoms with van der Waals surface area (Å²) in [6.45, 7) is 1.13.